The van der Waals surface area contributed by atoms with Crippen LogP contribution in [0.1, 0.15) is 516 Å². The number of hydrogen-bond donors (Lipinski definition) is 0. The number of carbonyl (C=O) groups is 5. The van der Waals surface area contributed by atoms with E-state index in [1.165, 1.54) is 480 Å². The third-order valence-electron chi connectivity index (χ3n) is 20.8. The average molecular weight is 1550 g/mol. The zero-order valence-electron chi connectivity index (χ0n) is 74.6. The Kier molecular flexibility index (Phi) is 116. The first-order valence-electron chi connectivity index (χ1n) is 48.0. The Bertz CT molecular complexity index is 1840. The van der Waals surface area contributed by atoms with Gasteiger partial charge in [0.15, 0.2) is 0 Å². The lowest BCUT2D eigenvalue weighted by atomic mass is 10.0. The van der Waals surface area contributed by atoms with E-state index in [4.69, 9.17) is 23.7 Å². The maximum absolute atomic E-state index is 10.8. The molecule has 0 fully saturated rings. The predicted octanol–water partition coefficient (Wildman–Crippen LogP) is 32.9. The first kappa shape index (κ1) is 115. The molecule has 0 aromatic heterocycles. The maximum atomic E-state index is 10.8. The number of carbonyl (C=O) groups excluding carboxylic acids is 5. The van der Waals surface area contributed by atoms with Gasteiger partial charge in [0.05, 0.1) is 33.0 Å². The van der Waals surface area contributed by atoms with Crippen LogP contribution in [-0.2, 0) is 47.7 Å². The minimum Gasteiger partial charge on any atom is -0.463 e. The van der Waals surface area contributed by atoms with Crippen molar-refractivity contribution in [2.75, 3.05) is 33.0 Å². The van der Waals surface area contributed by atoms with E-state index in [2.05, 4.69) is 67.5 Å². The van der Waals surface area contributed by atoms with Crippen LogP contribution in [0.3, 0.4) is 0 Å². The van der Waals surface area contributed by atoms with E-state index in [1.54, 1.807) is 0 Å². The molecule has 0 radical (unpaired) electrons. The molecule has 10 nitrogen and oxygen atoms in total. The zero-order chi connectivity index (χ0) is 81.5. The van der Waals surface area contributed by atoms with Gasteiger partial charge in [-0.3, -0.25) is 0 Å². The van der Waals surface area contributed by atoms with Gasteiger partial charge in [0.2, 0.25) is 0 Å². The first-order chi connectivity index (χ1) is 54.0. The monoisotopic (exact) mass is 1550 g/mol. The van der Waals surface area contributed by atoms with Crippen LogP contribution in [0.5, 0.6) is 0 Å². The molecule has 0 amide bonds. The van der Waals surface area contributed by atoms with Crippen LogP contribution in [0.2, 0.25) is 0 Å². The number of ether oxygens (including phenoxy) is 5. The highest BCUT2D eigenvalue weighted by atomic mass is 16.5. The van der Waals surface area contributed by atoms with Crippen molar-refractivity contribution in [3.8, 4) is 0 Å². The van der Waals surface area contributed by atoms with Gasteiger partial charge >= 0.3 is 29.8 Å². The van der Waals surface area contributed by atoms with Crippen molar-refractivity contribution in [3.63, 3.8) is 0 Å². The van der Waals surface area contributed by atoms with Gasteiger partial charge in [0.1, 0.15) is 0 Å². The average Bonchev–Trinajstić information content (AvgIpc) is 2.52. The van der Waals surface area contributed by atoms with Gasteiger partial charge in [0, 0.05) is 30.4 Å². The smallest absolute Gasteiger partial charge is 0.330 e. The summed E-state index contributed by atoms with van der Waals surface area (Å²) >= 11 is 0. The SMILES string of the molecule is C=CC(=O)OCCCCCCCCCCCCCCC.C=CC(=O)OCCCCCCCCCCCCCCCC.C=CC(=O)OCCCCCCCCCCCCCCCCC.C=CC(=O)OCCCCCCCCCCCCCCCCCC.C=CC(=O)OCCCCCCCCCCCCCCCCCCC. The molecule has 0 aromatic carbocycles. The van der Waals surface area contributed by atoms with Gasteiger partial charge < -0.3 is 23.7 Å². The predicted molar refractivity (Wildman–Crippen MR) is 480 cm³/mol. The molecule has 0 saturated heterocycles. The van der Waals surface area contributed by atoms with E-state index >= 15 is 0 Å². The molecule has 0 aliphatic carbocycles. The van der Waals surface area contributed by atoms with Crippen LogP contribution >= 0.6 is 0 Å². The summed E-state index contributed by atoms with van der Waals surface area (Å²) < 4.78 is 24.7. The lowest BCUT2D eigenvalue weighted by molar-refractivity contribution is -0.138. The van der Waals surface area contributed by atoms with E-state index in [0.29, 0.717) is 33.0 Å². The van der Waals surface area contributed by atoms with Crippen molar-refractivity contribution in [2.45, 2.75) is 516 Å². The molecule has 0 heterocycles. The van der Waals surface area contributed by atoms with Crippen molar-refractivity contribution < 1.29 is 47.7 Å². The zero-order valence-corrected chi connectivity index (χ0v) is 74.6. The molecule has 0 N–H and O–H groups in total. The van der Waals surface area contributed by atoms with E-state index in [1.807, 2.05) is 0 Å². The molecular weight excluding hydrogens is 1360 g/mol. The number of esters is 5. The van der Waals surface area contributed by atoms with Crippen LogP contribution in [0, 0.1) is 0 Å². The summed E-state index contributed by atoms with van der Waals surface area (Å²) in [6.45, 7) is 31.0. The maximum Gasteiger partial charge on any atom is 0.330 e. The summed E-state index contributed by atoms with van der Waals surface area (Å²) in [6, 6.07) is 0. The standard InChI is InChI=1S/C22H42O2.C21H40O2.C20H38O2.C19H36O2.C18H34O2/c1-3-5-6-7-8-9-10-11-12-13-14-15-16-17-18-19-20-21-24-22(23)4-2;1-3-5-6-7-8-9-10-11-12-13-14-15-16-17-18-19-20-23-21(22)4-2;1-3-5-6-7-8-9-10-11-12-13-14-15-16-17-18-19-22-20(21)4-2;1-3-5-6-7-8-9-10-11-12-13-14-15-16-17-18-21-19(20)4-2;1-3-5-6-7-8-9-10-11-12-13-14-15-16-17-20-18(19)4-2/h4H,2-3,5-21H2,1H3;4H,2-3,5-20H2,1H3;4H,2-3,5-19H2,1H3;4H,2-3,5-18H2,1H3;4H,2-3,5-17H2,1H3. The molecule has 0 bridgehead atoms. The summed E-state index contributed by atoms with van der Waals surface area (Å²) in [5.74, 6) is -1.50. The third kappa shape index (κ3) is 120. The summed E-state index contributed by atoms with van der Waals surface area (Å²) in [6.07, 6.45) is 108. The van der Waals surface area contributed by atoms with E-state index in [-0.39, 0.29) is 29.8 Å². The molecule has 0 unspecified atom stereocenters. The van der Waals surface area contributed by atoms with Gasteiger partial charge in [-0.05, 0) is 32.1 Å². The molecule has 0 spiro atoms. The Hall–Kier alpha value is -3.95. The second kappa shape index (κ2) is 111. The number of hydrogen-bond acceptors (Lipinski definition) is 10. The highest BCUT2D eigenvalue weighted by Crippen LogP contribution is 2.20. The summed E-state index contributed by atoms with van der Waals surface area (Å²) in [5, 5.41) is 0. The number of unbranched alkanes of at least 4 members (excludes halogenated alkanes) is 70. The molecule has 110 heavy (non-hydrogen) atoms. The largest absolute Gasteiger partial charge is 0.463 e. The molecule has 0 aliphatic rings. The van der Waals surface area contributed by atoms with E-state index < -0.39 is 0 Å². The molecule has 0 atom stereocenters. The fourth-order valence-corrected chi connectivity index (χ4v) is 13.5. The second-order valence-corrected chi connectivity index (χ2v) is 31.6. The first-order valence-corrected chi connectivity index (χ1v) is 48.0. The van der Waals surface area contributed by atoms with Crippen LogP contribution in [0.4, 0.5) is 0 Å². The number of rotatable bonds is 85. The van der Waals surface area contributed by atoms with Gasteiger partial charge in [-0.25, -0.2) is 24.0 Å². The third-order valence-corrected chi connectivity index (χ3v) is 20.8. The van der Waals surface area contributed by atoms with Crippen molar-refractivity contribution in [2.24, 2.45) is 0 Å². The van der Waals surface area contributed by atoms with Crippen molar-refractivity contribution in [1.29, 1.82) is 0 Å². The molecule has 0 rings (SSSR count). The lowest BCUT2D eigenvalue weighted by Gasteiger charge is -2.04. The second-order valence-electron chi connectivity index (χ2n) is 31.6. The highest BCUT2D eigenvalue weighted by molar-refractivity contribution is 5.82. The Morgan fingerprint density at radius 3 is 0.291 bits per heavy atom. The van der Waals surface area contributed by atoms with Crippen LogP contribution in [0.25, 0.3) is 0 Å². The molecular formula is C100H190O10. The fraction of sp³-hybridized carbons (Fsp3) is 0.850. The lowest BCUT2D eigenvalue weighted by Crippen LogP contribution is -2.01. The summed E-state index contributed by atoms with van der Waals surface area (Å²) in [4.78, 5) is 54.1. The fourth-order valence-electron chi connectivity index (χ4n) is 13.5. The summed E-state index contributed by atoms with van der Waals surface area (Å²) in [5.41, 5.74) is 0. The van der Waals surface area contributed by atoms with Crippen molar-refractivity contribution >= 4 is 29.8 Å². The Labute approximate surface area is 686 Å². The van der Waals surface area contributed by atoms with Crippen LogP contribution in [0.15, 0.2) is 63.3 Å². The van der Waals surface area contributed by atoms with Gasteiger partial charge in [0.25, 0.3) is 0 Å². The van der Waals surface area contributed by atoms with E-state index in [9.17, 15) is 24.0 Å². The Balaban J connectivity index is -0.000000418. The molecule has 650 valence electrons. The van der Waals surface area contributed by atoms with Crippen molar-refractivity contribution in [3.05, 3.63) is 63.3 Å². The molecule has 0 saturated carbocycles. The van der Waals surface area contributed by atoms with Gasteiger partial charge in [-0.15, -0.1) is 0 Å². The van der Waals surface area contributed by atoms with Crippen LogP contribution in [-0.4, -0.2) is 62.9 Å². The quantitative estimate of drug-likeness (QED) is 0.0251. The molecule has 0 aromatic rings. The Morgan fingerprint density at radius 2 is 0.218 bits per heavy atom. The van der Waals surface area contributed by atoms with Crippen LogP contribution < -0.4 is 0 Å². The van der Waals surface area contributed by atoms with Gasteiger partial charge in [-0.2, -0.15) is 0 Å². The highest BCUT2D eigenvalue weighted by Gasteiger charge is 2.04. The van der Waals surface area contributed by atoms with Crippen molar-refractivity contribution in [1.82, 2.24) is 0 Å². The van der Waals surface area contributed by atoms with Gasteiger partial charge in [-0.1, -0.05) is 517 Å². The minimum absolute atomic E-state index is 0.300. The molecule has 0 aliphatic heterocycles. The minimum atomic E-state index is -0.302. The normalized spacial score (nSPS) is 10.6. The summed E-state index contributed by atoms with van der Waals surface area (Å²) in [7, 11) is 0. The topological polar surface area (TPSA) is 132 Å². The Morgan fingerprint density at radius 1 is 0.145 bits per heavy atom. The molecule has 10 heteroatoms. The van der Waals surface area contributed by atoms with E-state index in [0.717, 1.165) is 32.1 Å².